The normalized spacial score (nSPS) is 10.8. The fraction of sp³-hybridized carbons (Fsp3) is 0.500. The van der Waals surface area contributed by atoms with Crippen LogP contribution in [0, 0.1) is 6.92 Å². The van der Waals surface area contributed by atoms with E-state index >= 15 is 0 Å². The zero-order chi connectivity index (χ0) is 13.1. The van der Waals surface area contributed by atoms with Gasteiger partial charge in [0.15, 0.2) is 0 Å². The smallest absolute Gasteiger partial charge is 0.147 e. The van der Waals surface area contributed by atoms with Crippen LogP contribution in [0.25, 0.3) is 0 Å². The summed E-state index contributed by atoms with van der Waals surface area (Å²) in [5.74, 6) is 0.902. The summed E-state index contributed by atoms with van der Waals surface area (Å²) in [4.78, 5) is 4.43. The van der Waals surface area contributed by atoms with E-state index in [2.05, 4.69) is 27.7 Å². The van der Waals surface area contributed by atoms with Gasteiger partial charge in [-0.05, 0) is 13.3 Å². The number of aryl methyl sites for hydroxylation is 3. The minimum Gasteiger partial charge on any atom is -0.394 e. The second-order valence-electron chi connectivity index (χ2n) is 4.22. The van der Waals surface area contributed by atoms with Gasteiger partial charge in [-0.25, -0.2) is 4.98 Å². The number of rotatable bonds is 5. The highest BCUT2D eigenvalue weighted by molar-refractivity contribution is 7.09. The molecule has 0 saturated carbocycles. The molecule has 98 valence electrons. The molecule has 3 N–H and O–H groups in total. The largest absolute Gasteiger partial charge is 0.394 e. The number of nitrogens with zero attached hydrogens (tertiary/aromatic N) is 3. The number of nitrogen functional groups attached to an aromatic ring is 1. The molecule has 0 amide bonds. The second kappa shape index (κ2) is 5.39. The van der Waals surface area contributed by atoms with Crippen molar-refractivity contribution in [3.63, 3.8) is 0 Å². The maximum absolute atomic E-state index is 6.04. The van der Waals surface area contributed by atoms with Crippen molar-refractivity contribution in [1.29, 1.82) is 0 Å². The average Bonchev–Trinajstić information content (AvgIpc) is 2.86. The quantitative estimate of drug-likeness (QED) is 0.867. The van der Waals surface area contributed by atoms with Gasteiger partial charge in [-0.1, -0.05) is 6.92 Å². The molecule has 0 atom stereocenters. The third-order valence-corrected chi connectivity index (χ3v) is 3.66. The Morgan fingerprint density at radius 2 is 2.28 bits per heavy atom. The number of aromatic nitrogens is 3. The van der Waals surface area contributed by atoms with Gasteiger partial charge in [-0.3, -0.25) is 4.68 Å². The molecule has 0 saturated heterocycles. The Morgan fingerprint density at radius 3 is 2.83 bits per heavy atom. The minimum atomic E-state index is 0.759. The highest BCUT2D eigenvalue weighted by Crippen LogP contribution is 2.22. The molecule has 0 unspecified atom stereocenters. The number of hydrogen-bond donors (Lipinski definition) is 2. The lowest BCUT2D eigenvalue weighted by molar-refractivity contribution is 0.746. The highest BCUT2D eigenvalue weighted by atomic mass is 32.1. The van der Waals surface area contributed by atoms with Crippen molar-refractivity contribution in [3.05, 3.63) is 21.8 Å². The van der Waals surface area contributed by atoms with Crippen LogP contribution < -0.4 is 11.1 Å². The number of anilines is 2. The van der Waals surface area contributed by atoms with Crippen molar-refractivity contribution < 1.29 is 0 Å². The summed E-state index contributed by atoms with van der Waals surface area (Å²) < 4.78 is 1.81. The molecule has 2 aromatic rings. The summed E-state index contributed by atoms with van der Waals surface area (Å²) in [7, 11) is 1.91. The topological polar surface area (TPSA) is 68.8 Å². The fourth-order valence-electron chi connectivity index (χ4n) is 1.90. The summed E-state index contributed by atoms with van der Waals surface area (Å²) >= 11 is 1.68. The fourth-order valence-corrected chi connectivity index (χ4v) is 2.55. The van der Waals surface area contributed by atoms with E-state index in [1.807, 2.05) is 14.0 Å². The Kier molecular flexibility index (Phi) is 3.86. The summed E-state index contributed by atoms with van der Waals surface area (Å²) in [5.41, 5.74) is 8.87. The van der Waals surface area contributed by atoms with Crippen molar-refractivity contribution in [2.24, 2.45) is 7.05 Å². The predicted octanol–water partition coefficient (Wildman–Crippen LogP) is 1.98. The van der Waals surface area contributed by atoms with Gasteiger partial charge >= 0.3 is 0 Å². The first-order valence-electron chi connectivity index (χ1n) is 6.08. The van der Waals surface area contributed by atoms with Crippen LogP contribution in [0.15, 0.2) is 5.38 Å². The van der Waals surface area contributed by atoms with Gasteiger partial charge in [-0.15, -0.1) is 11.3 Å². The van der Waals surface area contributed by atoms with Crippen LogP contribution in [0.1, 0.15) is 23.3 Å². The molecule has 0 aromatic carbocycles. The van der Waals surface area contributed by atoms with Crippen molar-refractivity contribution in [3.8, 4) is 0 Å². The van der Waals surface area contributed by atoms with Crippen LogP contribution in [-0.2, 0) is 19.9 Å². The Balaban J connectivity index is 1.96. The highest BCUT2D eigenvalue weighted by Gasteiger charge is 2.11. The monoisotopic (exact) mass is 265 g/mol. The molecule has 2 rings (SSSR count). The van der Waals surface area contributed by atoms with Gasteiger partial charge in [0.2, 0.25) is 0 Å². The predicted molar refractivity (Wildman–Crippen MR) is 76.0 cm³/mol. The van der Waals surface area contributed by atoms with Crippen molar-refractivity contribution in [1.82, 2.24) is 14.8 Å². The molecule has 2 aromatic heterocycles. The molecule has 0 radical (unpaired) electrons. The summed E-state index contributed by atoms with van der Waals surface area (Å²) in [6.45, 7) is 4.89. The third-order valence-electron chi connectivity index (χ3n) is 2.84. The molecular weight excluding hydrogens is 246 g/mol. The average molecular weight is 265 g/mol. The van der Waals surface area contributed by atoms with E-state index in [0.29, 0.717) is 0 Å². The SMILES string of the molecule is CCc1nn(C)c(NCCc2csc(C)n2)c1N. The van der Waals surface area contributed by atoms with Crippen molar-refractivity contribution in [2.45, 2.75) is 26.7 Å². The molecule has 18 heavy (non-hydrogen) atoms. The Hall–Kier alpha value is -1.56. The van der Waals surface area contributed by atoms with E-state index in [0.717, 1.165) is 47.3 Å². The van der Waals surface area contributed by atoms with Gasteiger partial charge in [0.25, 0.3) is 0 Å². The zero-order valence-electron chi connectivity index (χ0n) is 11.0. The van der Waals surface area contributed by atoms with E-state index in [1.165, 1.54) is 0 Å². The Bertz CT molecular complexity index is 529. The molecule has 0 aliphatic rings. The summed E-state index contributed by atoms with van der Waals surface area (Å²) in [6, 6.07) is 0. The number of hydrogen-bond acceptors (Lipinski definition) is 5. The van der Waals surface area contributed by atoms with Crippen molar-refractivity contribution >= 4 is 22.8 Å². The van der Waals surface area contributed by atoms with E-state index in [-0.39, 0.29) is 0 Å². The van der Waals surface area contributed by atoms with Crippen LogP contribution in [-0.4, -0.2) is 21.3 Å². The Labute approximate surface area is 111 Å². The molecule has 5 nitrogen and oxygen atoms in total. The molecule has 0 bridgehead atoms. The first-order valence-corrected chi connectivity index (χ1v) is 6.96. The molecule has 2 heterocycles. The molecular formula is C12H19N5S. The van der Waals surface area contributed by atoms with Crippen LogP contribution in [0.4, 0.5) is 11.5 Å². The molecule has 0 spiro atoms. The minimum absolute atomic E-state index is 0.759. The lowest BCUT2D eigenvalue weighted by atomic mass is 10.3. The first kappa shape index (κ1) is 12.9. The second-order valence-corrected chi connectivity index (χ2v) is 5.28. The third kappa shape index (κ3) is 2.64. The molecule has 6 heteroatoms. The van der Waals surface area contributed by atoms with Crippen molar-refractivity contribution in [2.75, 3.05) is 17.6 Å². The van der Waals surface area contributed by atoms with E-state index in [1.54, 1.807) is 16.0 Å². The standard InChI is InChI=1S/C12H19N5S/c1-4-10-11(13)12(17(3)16-10)14-6-5-9-7-18-8(2)15-9/h7,14H,4-6,13H2,1-3H3. The summed E-state index contributed by atoms with van der Waals surface area (Å²) in [5, 5.41) is 10.9. The van der Waals surface area contributed by atoms with Gasteiger partial charge < -0.3 is 11.1 Å². The number of nitrogens with one attached hydrogen (secondary N) is 1. The Morgan fingerprint density at radius 1 is 1.50 bits per heavy atom. The molecule has 0 aliphatic carbocycles. The zero-order valence-corrected chi connectivity index (χ0v) is 11.8. The van der Waals surface area contributed by atoms with Gasteiger partial charge in [-0.2, -0.15) is 5.10 Å². The summed E-state index contributed by atoms with van der Waals surface area (Å²) in [6.07, 6.45) is 1.75. The van der Waals surface area contributed by atoms with Gasteiger partial charge in [0.05, 0.1) is 22.1 Å². The maximum Gasteiger partial charge on any atom is 0.147 e. The molecule has 0 fully saturated rings. The van der Waals surface area contributed by atoms with Crippen LogP contribution >= 0.6 is 11.3 Å². The molecule has 0 aliphatic heterocycles. The van der Waals surface area contributed by atoms with Gasteiger partial charge in [0, 0.05) is 25.4 Å². The first-order chi connectivity index (χ1) is 8.61. The van der Waals surface area contributed by atoms with E-state index < -0.39 is 0 Å². The van der Waals surface area contributed by atoms with E-state index in [9.17, 15) is 0 Å². The maximum atomic E-state index is 6.04. The lowest BCUT2D eigenvalue weighted by Crippen LogP contribution is -2.10. The van der Waals surface area contributed by atoms with Crippen LogP contribution in [0.5, 0.6) is 0 Å². The number of nitrogens with two attached hydrogens (primary N) is 1. The van der Waals surface area contributed by atoms with Crippen LogP contribution in [0.3, 0.4) is 0 Å². The van der Waals surface area contributed by atoms with Crippen LogP contribution in [0.2, 0.25) is 0 Å². The number of thiazole rings is 1. The van der Waals surface area contributed by atoms with E-state index in [4.69, 9.17) is 5.73 Å². The van der Waals surface area contributed by atoms with Gasteiger partial charge in [0.1, 0.15) is 5.82 Å². The lowest BCUT2D eigenvalue weighted by Gasteiger charge is -2.06.